The second kappa shape index (κ2) is 10.7. The van der Waals surface area contributed by atoms with Crippen molar-refractivity contribution in [1.29, 1.82) is 0 Å². The van der Waals surface area contributed by atoms with Crippen molar-refractivity contribution in [1.82, 2.24) is 20.2 Å². The first-order chi connectivity index (χ1) is 18.4. The average molecular weight is 535 g/mol. The number of fused-ring (bicyclic) bond motifs is 1. The number of alkyl carbamates (subject to hydrolysis) is 1. The van der Waals surface area contributed by atoms with Gasteiger partial charge in [0.15, 0.2) is 0 Å². The van der Waals surface area contributed by atoms with E-state index in [2.05, 4.69) is 15.6 Å². The third-order valence-electron chi connectivity index (χ3n) is 6.21. The molecular formula is C28H30N4O7. The van der Waals surface area contributed by atoms with Gasteiger partial charge in [-0.05, 0) is 57.4 Å². The summed E-state index contributed by atoms with van der Waals surface area (Å²) in [7, 11) is 0. The first-order valence-electron chi connectivity index (χ1n) is 12.5. The zero-order chi connectivity index (χ0) is 28.4. The fourth-order valence-electron chi connectivity index (χ4n) is 4.43. The van der Waals surface area contributed by atoms with Gasteiger partial charge in [-0.1, -0.05) is 36.4 Å². The molecule has 1 atom stereocenters. The molecule has 11 nitrogen and oxygen atoms in total. The first-order valence-corrected chi connectivity index (χ1v) is 12.5. The van der Waals surface area contributed by atoms with Crippen LogP contribution in [-0.4, -0.2) is 39.0 Å². The number of hydrogen-bond donors (Lipinski definition) is 2. The van der Waals surface area contributed by atoms with Gasteiger partial charge >= 0.3 is 12.1 Å². The molecule has 3 amide bonds. The molecule has 1 aliphatic rings. The van der Waals surface area contributed by atoms with E-state index in [9.17, 15) is 24.0 Å². The Kier molecular flexibility index (Phi) is 7.53. The number of esters is 1. The van der Waals surface area contributed by atoms with Crippen LogP contribution in [-0.2, 0) is 42.5 Å². The zero-order valence-electron chi connectivity index (χ0n) is 22.2. The average Bonchev–Trinajstić information content (AvgIpc) is 2.87. The lowest BCUT2D eigenvalue weighted by Crippen LogP contribution is -2.62. The SMILES string of the molecule is Cc1nc2ccc(CNC(=O)OC(C)(C)C)cc2c(=O)n1C1(C(=O)OCc2ccccc2)CCC(=O)NC1=O. The number of ether oxygens (including phenoxy) is 2. The van der Waals surface area contributed by atoms with Crippen molar-refractivity contribution >= 4 is 34.8 Å². The van der Waals surface area contributed by atoms with Crippen molar-refractivity contribution in [2.75, 3.05) is 0 Å². The molecule has 0 saturated carbocycles. The number of imide groups is 1. The largest absolute Gasteiger partial charge is 0.459 e. The van der Waals surface area contributed by atoms with Gasteiger partial charge in [0.05, 0.1) is 10.9 Å². The number of aromatic nitrogens is 2. The lowest BCUT2D eigenvalue weighted by molar-refractivity contribution is -0.164. The Balaban J connectivity index is 1.73. The Morgan fingerprint density at radius 3 is 2.46 bits per heavy atom. The van der Waals surface area contributed by atoms with Crippen LogP contribution in [0.4, 0.5) is 4.79 Å². The molecule has 3 aromatic rings. The number of piperidine rings is 1. The van der Waals surface area contributed by atoms with Gasteiger partial charge < -0.3 is 14.8 Å². The fraction of sp³-hybridized carbons (Fsp3) is 0.357. The van der Waals surface area contributed by atoms with Crippen LogP contribution in [0.5, 0.6) is 0 Å². The van der Waals surface area contributed by atoms with Crippen LogP contribution in [0.1, 0.15) is 50.6 Å². The molecular weight excluding hydrogens is 504 g/mol. The van der Waals surface area contributed by atoms with Crippen LogP contribution in [0.25, 0.3) is 10.9 Å². The number of carbonyl (C=O) groups excluding carboxylic acids is 4. The molecule has 11 heteroatoms. The monoisotopic (exact) mass is 534 g/mol. The summed E-state index contributed by atoms with van der Waals surface area (Å²) in [6.07, 6.45) is -1.06. The van der Waals surface area contributed by atoms with Crippen molar-refractivity contribution in [3.63, 3.8) is 0 Å². The molecule has 1 unspecified atom stereocenters. The molecule has 0 bridgehead atoms. The van der Waals surface area contributed by atoms with Crippen molar-refractivity contribution in [2.45, 2.75) is 64.8 Å². The molecule has 0 aliphatic carbocycles. The number of aryl methyl sites for hydroxylation is 1. The molecule has 1 saturated heterocycles. The summed E-state index contributed by atoms with van der Waals surface area (Å²) < 4.78 is 11.8. The standard InChI is InChI=1S/C28H30N4O7/c1-17-30-21-11-10-19(15-29-26(37)39-27(2,3)4)14-20(21)23(34)32(17)28(13-12-22(33)31-24(28)35)25(36)38-16-18-8-6-5-7-9-18/h5-11,14H,12-13,15-16H2,1-4H3,(H,29,37)(H,31,33,35). The molecule has 39 heavy (non-hydrogen) atoms. The summed E-state index contributed by atoms with van der Waals surface area (Å²) >= 11 is 0. The van der Waals surface area contributed by atoms with Gasteiger partial charge in [0.2, 0.25) is 11.4 Å². The maximum Gasteiger partial charge on any atom is 0.407 e. The quantitative estimate of drug-likeness (QED) is 0.279. The van der Waals surface area contributed by atoms with E-state index in [0.29, 0.717) is 16.6 Å². The molecule has 2 heterocycles. The topological polar surface area (TPSA) is 146 Å². The summed E-state index contributed by atoms with van der Waals surface area (Å²) in [5.41, 5.74) is -1.85. The van der Waals surface area contributed by atoms with Gasteiger partial charge in [-0.25, -0.2) is 14.6 Å². The molecule has 2 N–H and O–H groups in total. The number of nitrogens with one attached hydrogen (secondary N) is 2. The molecule has 204 valence electrons. The minimum atomic E-state index is -2.13. The number of nitrogens with zero attached hydrogens (tertiary/aromatic N) is 2. The number of rotatable bonds is 6. The van der Waals surface area contributed by atoms with Gasteiger partial charge in [-0.3, -0.25) is 24.3 Å². The highest BCUT2D eigenvalue weighted by atomic mass is 16.6. The highest BCUT2D eigenvalue weighted by Gasteiger charge is 2.54. The number of carbonyl (C=O) groups is 4. The number of benzene rings is 2. The predicted molar refractivity (Wildman–Crippen MR) is 140 cm³/mol. The van der Waals surface area contributed by atoms with E-state index >= 15 is 0 Å². The second-order valence-corrected chi connectivity index (χ2v) is 10.3. The summed E-state index contributed by atoms with van der Waals surface area (Å²) in [4.78, 5) is 69.3. The lowest BCUT2D eigenvalue weighted by atomic mass is 9.87. The van der Waals surface area contributed by atoms with Crippen LogP contribution in [0.15, 0.2) is 53.3 Å². The van der Waals surface area contributed by atoms with Crippen molar-refractivity contribution in [3.05, 3.63) is 75.8 Å². The highest BCUT2D eigenvalue weighted by Crippen LogP contribution is 2.30. The summed E-state index contributed by atoms with van der Waals surface area (Å²) in [6, 6.07) is 13.7. The van der Waals surface area contributed by atoms with E-state index in [1.165, 1.54) is 13.0 Å². The Morgan fingerprint density at radius 1 is 1.08 bits per heavy atom. The highest BCUT2D eigenvalue weighted by molar-refractivity contribution is 6.13. The minimum absolute atomic E-state index is 0.0669. The van der Waals surface area contributed by atoms with Crippen molar-refractivity contribution < 1.29 is 28.7 Å². The maximum atomic E-state index is 13.9. The first kappa shape index (κ1) is 27.5. The predicted octanol–water partition coefficient (Wildman–Crippen LogP) is 2.60. The molecule has 0 spiro atoms. The molecule has 1 aromatic heterocycles. The van der Waals surface area contributed by atoms with Crippen molar-refractivity contribution in [3.8, 4) is 0 Å². The number of amides is 3. The molecule has 1 aliphatic heterocycles. The van der Waals surface area contributed by atoms with Crippen LogP contribution in [0, 0.1) is 6.92 Å². The van der Waals surface area contributed by atoms with E-state index in [1.807, 2.05) is 6.07 Å². The number of hydrogen-bond acceptors (Lipinski definition) is 8. The summed E-state index contributed by atoms with van der Waals surface area (Å²) in [5, 5.41) is 4.95. The van der Waals surface area contributed by atoms with E-state index < -0.39 is 40.6 Å². The Hall–Kier alpha value is -4.54. The van der Waals surface area contributed by atoms with E-state index in [-0.39, 0.29) is 37.2 Å². The van der Waals surface area contributed by atoms with Crippen LogP contribution >= 0.6 is 0 Å². The van der Waals surface area contributed by atoms with E-state index in [4.69, 9.17) is 9.47 Å². The van der Waals surface area contributed by atoms with Crippen LogP contribution in [0.3, 0.4) is 0 Å². The Bertz CT molecular complexity index is 1510. The van der Waals surface area contributed by atoms with Gasteiger partial charge in [0.25, 0.3) is 11.5 Å². The normalized spacial score (nSPS) is 17.4. The molecule has 0 radical (unpaired) electrons. The maximum absolute atomic E-state index is 13.9. The molecule has 2 aromatic carbocycles. The zero-order valence-corrected chi connectivity index (χ0v) is 22.2. The third-order valence-corrected chi connectivity index (χ3v) is 6.21. The van der Waals surface area contributed by atoms with Crippen LogP contribution < -0.4 is 16.2 Å². The van der Waals surface area contributed by atoms with Crippen molar-refractivity contribution in [2.24, 2.45) is 0 Å². The van der Waals surface area contributed by atoms with Gasteiger partial charge in [-0.15, -0.1) is 0 Å². The summed E-state index contributed by atoms with van der Waals surface area (Å²) in [5.74, 6) is -2.37. The Morgan fingerprint density at radius 2 is 1.79 bits per heavy atom. The summed E-state index contributed by atoms with van der Waals surface area (Å²) in [6.45, 7) is 6.68. The lowest BCUT2D eigenvalue weighted by Gasteiger charge is -2.35. The molecule has 4 rings (SSSR count). The fourth-order valence-corrected chi connectivity index (χ4v) is 4.43. The van der Waals surface area contributed by atoms with Gasteiger partial charge in [-0.2, -0.15) is 0 Å². The van der Waals surface area contributed by atoms with Crippen LogP contribution in [0.2, 0.25) is 0 Å². The van der Waals surface area contributed by atoms with E-state index in [1.54, 1.807) is 57.2 Å². The van der Waals surface area contributed by atoms with Gasteiger partial charge in [0, 0.05) is 13.0 Å². The minimum Gasteiger partial charge on any atom is -0.459 e. The molecule has 1 fully saturated rings. The Labute approximate surface area is 224 Å². The van der Waals surface area contributed by atoms with E-state index in [0.717, 1.165) is 4.57 Å². The smallest absolute Gasteiger partial charge is 0.407 e. The van der Waals surface area contributed by atoms with Gasteiger partial charge in [0.1, 0.15) is 18.0 Å². The third kappa shape index (κ3) is 5.82. The second-order valence-electron chi connectivity index (χ2n) is 10.3.